The summed E-state index contributed by atoms with van der Waals surface area (Å²) in [5, 5.41) is 32.1. The number of benzene rings is 1. The third kappa shape index (κ3) is 2.57. The lowest BCUT2D eigenvalue weighted by Crippen LogP contribution is -2.45. The molecule has 3 rings (SSSR count). The minimum Gasteiger partial charge on any atom is -0.394 e. The SMILES string of the molecule is Cc1cccc(C(C)C)c1N1C(=O)N[C@@H]2[C@@H](O)[C@@H]([C@H](O)CO)O[C@@H]21. The van der Waals surface area contributed by atoms with Gasteiger partial charge in [-0.05, 0) is 24.0 Å². The first-order valence-electron chi connectivity index (χ1n) is 8.18. The van der Waals surface area contributed by atoms with Gasteiger partial charge in [-0.2, -0.15) is 0 Å². The van der Waals surface area contributed by atoms with Crippen LogP contribution in [0.25, 0.3) is 0 Å². The molecule has 132 valence electrons. The largest absolute Gasteiger partial charge is 0.394 e. The molecule has 4 N–H and O–H groups in total. The first-order chi connectivity index (χ1) is 11.4. The van der Waals surface area contributed by atoms with Crippen LogP contribution in [-0.2, 0) is 4.74 Å². The second-order valence-electron chi connectivity index (χ2n) is 6.74. The molecule has 2 amide bonds. The van der Waals surface area contributed by atoms with Crippen LogP contribution in [0.3, 0.4) is 0 Å². The van der Waals surface area contributed by atoms with Crippen molar-refractivity contribution >= 4 is 11.7 Å². The van der Waals surface area contributed by atoms with Crippen LogP contribution >= 0.6 is 0 Å². The predicted octanol–water partition coefficient (Wildman–Crippen LogP) is 0.456. The Bertz CT molecular complexity index is 635. The van der Waals surface area contributed by atoms with Crippen molar-refractivity contribution in [3.63, 3.8) is 0 Å². The molecule has 5 atom stereocenters. The molecule has 0 radical (unpaired) electrons. The van der Waals surface area contributed by atoms with Crippen LogP contribution in [0.5, 0.6) is 0 Å². The van der Waals surface area contributed by atoms with Crippen molar-refractivity contribution in [2.75, 3.05) is 11.5 Å². The Morgan fingerprint density at radius 2 is 2.08 bits per heavy atom. The van der Waals surface area contributed by atoms with Crippen LogP contribution in [0.4, 0.5) is 10.5 Å². The van der Waals surface area contributed by atoms with Gasteiger partial charge in [0, 0.05) is 0 Å². The summed E-state index contributed by atoms with van der Waals surface area (Å²) in [5.74, 6) is 0.205. The number of aliphatic hydroxyl groups excluding tert-OH is 3. The van der Waals surface area contributed by atoms with Gasteiger partial charge in [0.1, 0.15) is 24.4 Å². The number of rotatable bonds is 4. The number of anilines is 1. The maximum absolute atomic E-state index is 12.5. The number of ether oxygens (including phenoxy) is 1. The van der Waals surface area contributed by atoms with E-state index in [1.165, 1.54) is 4.90 Å². The number of aryl methyl sites for hydroxylation is 1. The van der Waals surface area contributed by atoms with E-state index in [0.29, 0.717) is 0 Å². The molecular formula is C17H24N2O5. The number of hydrogen-bond acceptors (Lipinski definition) is 5. The Morgan fingerprint density at radius 3 is 2.71 bits per heavy atom. The van der Waals surface area contributed by atoms with E-state index in [2.05, 4.69) is 5.32 Å². The van der Waals surface area contributed by atoms with Gasteiger partial charge in [-0.3, -0.25) is 4.90 Å². The molecule has 2 fully saturated rings. The lowest BCUT2D eigenvalue weighted by atomic mass is 9.97. The van der Waals surface area contributed by atoms with E-state index in [1.54, 1.807) is 0 Å². The monoisotopic (exact) mass is 336 g/mol. The van der Waals surface area contributed by atoms with Crippen molar-refractivity contribution < 1.29 is 24.9 Å². The number of urea groups is 1. The summed E-state index contributed by atoms with van der Waals surface area (Å²) in [6, 6.07) is 4.86. The molecule has 0 bridgehead atoms. The van der Waals surface area contributed by atoms with Gasteiger partial charge in [0.05, 0.1) is 12.3 Å². The van der Waals surface area contributed by atoms with E-state index in [4.69, 9.17) is 9.84 Å². The van der Waals surface area contributed by atoms with E-state index >= 15 is 0 Å². The molecule has 0 spiro atoms. The van der Waals surface area contributed by atoms with Crippen LogP contribution in [0.2, 0.25) is 0 Å². The number of carbonyl (C=O) groups excluding carboxylic acids is 1. The number of fused-ring (bicyclic) bond motifs is 1. The fraction of sp³-hybridized carbons (Fsp3) is 0.588. The lowest BCUT2D eigenvalue weighted by Gasteiger charge is -2.28. The molecule has 7 nitrogen and oxygen atoms in total. The smallest absolute Gasteiger partial charge is 0.324 e. The number of nitrogens with one attached hydrogen (secondary N) is 1. The number of nitrogens with zero attached hydrogens (tertiary/aromatic N) is 1. The second-order valence-corrected chi connectivity index (χ2v) is 6.74. The number of hydrogen-bond donors (Lipinski definition) is 4. The van der Waals surface area contributed by atoms with Crippen LogP contribution in [0, 0.1) is 6.92 Å². The highest BCUT2D eigenvalue weighted by Gasteiger charge is 2.55. The van der Waals surface area contributed by atoms with Crippen LogP contribution in [0.1, 0.15) is 30.9 Å². The fourth-order valence-corrected chi connectivity index (χ4v) is 3.53. The lowest BCUT2D eigenvalue weighted by molar-refractivity contribution is -0.0804. The van der Waals surface area contributed by atoms with E-state index in [9.17, 15) is 15.0 Å². The van der Waals surface area contributed by atoms with Gasteiger partial charge in [-0.1, -0.05) is 32.0 Å². The third-order valence-corrected chi connectivity index (χ3v) is 4.77. The standard InChI is InChI=1S/C17H24N2O5/c1-8(2)10-6-4-5-9(3)13(10)19-16-12(18-17(19)23)14(22)15(24-16)11(21)7-20/h4-6,8,11-12,14-16,20-22H,7H2,1-3H3,(H,18,23)/t11-,12-,14-,15-,16+/m1/s1. The predicted molar refractivity (Wildman–Crippen MR) is 87.8 cm³/mol. The fourth-order valence-electron chi connectivity index (χ4n) is 3.53. The highest BCUT2D eigenvalue weighted by molar-refractivity contribution is 5.97. The van der Waals surface area contributed by atoms with Gasteiger partial charge in [0.15, 0.2) is 6.23 Å². The topological polar surface area (TPSA) is 102 Å². The van der Waals surface area contributed by atoms with Crippen molar-refractivity contribution in [1.29, 1.82) is 0 Å². The zero-order valence-electron chi connectivity index (χ0n) is 14.0. The summed E-state index contributed by atoms with van der Waals surface area (Å²) in [6.07, 6.45) is -3.96. The summed E-state index contributed by atoms with van der Waals surface area (Å²) in [4.78, 5) is 14.0. The van der Waals surface area contributed by atoms with Gasteiger partial charge in [0.2, 0.25) is 0 Å². The van der Waals surface area contributed by atoms with Crippen molar-refractivity contribution in [3.05, 3.63) is 29.3 Å². The highest BCUT2D eigenvalue weighted by Crippen LogP contribution is 2.39. The molecule has 24 heavy (non-hydrogen) atoms. The Kier molecular flexibility index (Phi) is 4.52. The zero-order chi connectivity index (χ0) is 17.6. The molecule has 0 aromatic heterocycles. The van der Waals surface area contributed by atoms with Gasteiger partial charge < -0.3 is 25.4 Å². The maximum Gasteiger partial charge on any atom is 0.324 e. The minimum absolute atomic E-state index is 0.205. The zero-order valence-corrected chi connectivity index (χ0v) is 14.0. The maximum atomic E-state index is 12.5. The van der Waals surface area contributed by atoms with Gasteiger partial charge in [0.25, 0.3) is 0 Å². The van der Waals surface area contributed by atoms with E-state index in [1.807, 2.05) is 39.0 Å². The second kappa shape index (κ2) is 6.33. The average Bonchev–Trinajstić information content (AvgIpc) is 3.02. The molecule has 1 aromatic rings. The number of amides is 2. The van der Waals surface area contributed by atoms with E-state index in [-0.39, 0.29) is 11.9 Å². The summed E-state index contributed by atoms with van der Waals surface area (Å²) >= 11 is 0. The van der Waals surface area contributed by atoms with Gasteiger partial charge in [-0.25, -0.2) is 4.79 Å². The normalized spacial score (nSPS) is 30.6. The van der Waals surface area contributed by atoms with E-state index < -0.39 is 37.2 Å². The third-order valence-electron chi connectivity index (χ3n) is 4.77. The van der Waals surface area contributed by atoms with Crippen LogP contribution in [0.15, 0.2) is 18.2 Å². The molecule has 0 aliphatic carbocycles. The molecule has 2 aliphatic rings. The first kappa shape index (κ1) is 17.2. The van der Waals surface area contributed by atoms with Crippen molar-refractivity contribution in [1.82, 2.24) is 5.32 Å². The first-order valence-corrected chi connectivity index (χ1v) is 8.18. The molecule has 7 heteroatoms. The number of aliphatic hydroxyl groups is 3. The Morgan fingerprint density at radius 1 is 1.38 bits per heavy atom. The Balaban J connectivity index is 2.00. The van der Waals surface area contributed by atoms with Crippen LogP contribution in [-0.4, -0.2) is 58.5 Å². The summed E-state index contributed by atoms with van der Waals surface area (Å²) in [6.45, 7) is 5.50. The highest BCUT2D eigenvalue weighted by atomic mass is 16.6. The Labute approximate surface area is 140 Å². The molecule has 1 aromatic carbocycles. The summed E-state index contributed by atoms with van der Waals surface area (Å²) in [7, 11) is 0. The Hall–Kier alpha value is -1.67. The summed E-state index contributed by atoms with van der Waals surface area (Å²) < 4.78 is 5.76. The molecule has 0 saturated carbocycles. The van der Waals surface area contributed by atoms with Crippen molar-refractivity contribution in [2.24, 2.45) is 0 Å². The average molecular weight is 336 g/mol. The number of carbonyl (C=O) groups is 1. The summed E-state index contributed by atoms with van der Waals surface area (Å²) in [5.41, 5.74) is 2.71. The molecule has 2 saturated heterocycles. The molecule has 2 aliphatic heterocycles. The van der Waals surface area contributed by atoms with Crippen LogP contribution < -0.4 is 10.2 Å². The van der Waals surface area contributed by atoms with Gasteiger partial charge in [-0.15, -0.1) is 0 Å². The molecular weight excluding hydrogens is 312 g/mol. The van der Waals surface area contributed by atoms with Crippen molar-refractivity contribution in [2.45, 2.75) is 57.3 Å². The molecule has 2 heterocycles. The number of para-hydroxylation sites is 1. The van der Waals surface area contributed by atoms with Gasteiger partial charge >= 0.3 is 6.03 Å². The van der Waals surface area contributed by atoms with Crippen molar-refractivity contribution in [3.8, 4) is 0 Å². The quantitative estimate of drug-likeness (QED) is 0.640. The molecule has 0 unspecified atom stereocenters. The van der Waals surface area contributed by atoms with E-state index in [0.717, 1.165) is 16.8 Å². The minimum atomic E-state index is -1.20.